The highest BCUT2D eigenvalue weighted by Crippen LogP contribution is 2.25. The molecule has 0 N–H and O–H groups in total. The Hall–Kier alpha value is -1.55. The lowest BCUT2D eigenvalue weighted by atomic mass is 10.1. The number of hydrogen-bond acceptors (Lipinski definition) is 3. The Kier molecular flexibility index (Phi) is 2.60. The van der Waals surface area contributed by atoms with Gasteiger partial charge in [0.1, 0.15) is 5.82 Å². The first-order valence-corrected chi connectivity index (χ1v) is 5.16. The zero-order valence-electron chi connectivity index (χ0n) is 8.03. The SMILES string of the molecule is Cc1cc(-c2ccc(F)c(C=O)c2)sn1. The first-order chi connectivity index (χ1) is 7.20. The molecule has 2 nitrogen and oxygen atoms in total. The van der Waals surface area contributed by atoms with E-state index in [9.17, 15) is 9.18 Å². The summed E-state index contributed by atoms with van der Waals surface area (Å²) in [5.41, 5.74) is 1.83. The average Bonchev–Trinajstić information content (AvgIpc) is 2.66. The maximum absolute atomic E-state index is 13.0. The summed E-state index contributed by atoms with van der Waals surface area (Å²) >= 11 is 1.34. The molecule has 0 saturated heterocycles. The molecule has 1 aromatic heterocycles. The minimum atomic E-state index is -0.491. The highest BCUT2D eigenvalue weighted by Gasteiger charge is 2.06. The second-order valence-electron chi connectivity index (χ2n) is 3.19. The summed E-state index contributed by atoms with van der Waals surface area (Å²) in [6.45, 7) is 1.89. The van der Waals surface area contributed by atoms with Gasteiger partial charge in [0.05, 0.1) is 16.1 Å². The number of aromatic nitrogens is 1. The van der Waals surface area contributed by atoms with E-state index < -0.39 is 5.82 Å². The van der Waals surface area contributed by atoms with Crippen LogP contribution >= 0.6 is 11.5 Å². The molecule has 0 amide bonds. The molecule has 0 atom stereocenters. The van der Waals surface area contributed by atoms with Crippen LogP contribution in [0, 0.1) is 12.7 Å². The second kappa shape index (κ2) is 3.90. The van der Waals surface area contributed by atoms with Crippen LogP contribution in [0.5, 0.6) is 0 Å². The third-order valence-corrected chi connectivity index (χ3v) is 2.96. The summed E-state index contributed by atoms with van der Waals surface area (Å²) in [4.78, 5) is 11.5. The molecule has 1 aromatic carbocycles. The Balaban J connectivity index is 2.50. The molecule has 4 heteroatoms. The van der Waals surface area contributed by atoms with Crippen molar-refractivity contribution in [2.75, 3.05) is 0 Å². The first kappa shape index (κ1) is 9.98. The van der Waals surface area contributed by atoms with Gasteiger partial charge in [0.25, 0.3) is 0 Å². The molecule has 0 radical (unpaired) electrons. The summed E-state index contributed by atoms with van der Waals surface area (Å²) < 4.78 is 17.2. The largest absolute Gasteiger partial charge is 0.298 e. The summed E-state index contributed by atoms with van der Waals surface area (Å²) in [7, 11) is 0. The van der Waals surface area contributed by atoms with E-state index in [0.717, 1.165) is 16.1 Å². The van der Waals surface area contributed by atoms with Crippen LogP contribution < -0.4 is 0 Å². The standard InChI is InChI=1S/C11H8FNOS/c1-7-4-11(15-13-7)8-2-3-10(12)9(5-8)6-14/h2-6H,1H3. The van der Waals surface area contributed by atoms with Gasteiger partial charge in [-0.2, -0.15) is 4.37 Å². The van der Waals surface area contributed by atoms with Gasteiger partial charge in [-0.1, -0.05) is 6.07 Å². The number of aldehydes is 1. The van der Waals surface area contributed by atoms with Crippen molar-refractivity contribution < 1.29 is 9.18 Å². The predicted molar refractivity (Wildman–Crippen MR) is 57.6 cm³/mol. The molecule has 0 aliphatic heterocycles. The van der Waals surface area contributed by atoms with Crippen molar-refractivity contribution in [1.29, 1.82) is 0 Å². The zero-order valence-corrected chi connectivity index (χ0v) is 8.84. The highest BCUT2D eigenvalue weighted by atomic mass is 32.1. The zero-order chi connectivity index (χ0) is 10.8. The fourth-order valence-corrected chi connectivity index (χ4v) is 2.04. The third-order valence-electron chi connectivity index (χ3n) is 2.04. The number of carbonyl (C=O) groups is 1. The van der Waals surface area contributed by atoms with E-state index in [-0.39, 0.29) is 5.56 Å². The molecule has 76 valence electrons. The first-order valence-electron chi connectivity index (χ1n) is 4.39. The van der Waals surface area contributed by atoms with Gasteiger partial charge in [0.15, 0.2) is 6.29 Å². The van der Waals surface area contributed by atoms with Crippen molar-refractivity contribution in [1.82, 2.24) is 4.37 Å². The fraction of sp³-hybridized carbons (Fsp3) is 0.0909. The number of carbonyl (C=O) groups excluding carboxylic acids is 1. The fourth-order valence-electron chi connectivity index (χ4n) is 1.29. The molecule has 2 aromatic rings. The van der Waals surface area contributed by atoms with Crippen LogP contribution in [0.25, 0.3) is 10.4 Å². The van der Waals surface area contributed by atoms with Crippen molar-refractivity contribution >= 4 is 17.8 Å². The third kappa shape index (κ3) is 1.94. The van der Waals surface area contributed by atoms with Gasteiger partial charge in [-0.3, -0.25) is 4.79 Å². The van der Waals surface area contributed by atoms with E-state index in [1.54, 1.807) is 6.07 Å². The van der Waals surface area contributed by atoms with Gasteiger partial charge in [0.2, 0.25) is 0 Å². The lowest BCUT2D eigenvalue weighted by Crippen LogP contribution is -1.87. The van der Waals surface area contributed by atoms with Gasteiger partial charge in [-0.25, -0.2) is 4.39 Å². The average molecular weight is 221 g/mol. The summed E-state index contributed by atoms with van der Waals surface area (Å²) in [5, 5.41) is 0. The van der Waals surface area contributed by atoms with Crippen LogP contribution in [-0.2, 0) is 0 Å². The van der Waals surface area contributed by atoms with Gasteiger partial charge in [0, 0.05) is 0 Å². The Morgan fingerprint density at radius 3 is 2.80 bits per heavy atom. The van der Waals surface area contributed by atoms with Crippen LogP contribution in [0.15, 0.2) is 24.3 Å². The molecule has 0 bridgehead atoms. The van der Waals surface area contributed by atoms with E-state index in [1.807, 2.05) is 13.0 Å². The monoisotopic (exact) mass is 221 g/mol. The van der Waals surface area contributed by atoms with Crippen molar-refractivity contribution in [3.63, 3.8) is 0 Å². The number of hydrogen-bond donors (Lipinski definition) is 0. The Morgan fingerprint density at radius 1 is 1.40 bits per heavy atom. The Morgan fingerprint density at radius 2 is 2.20 bits per heavy atom. The Labute approximate surface area is 90.5 Å². The quantitative estimate of drug-likeness (QED) is 0.729. The molecule has 15 heavy (non-hydrogen) atoms. The van der Waals surface area contributed by atoms with Gasteiger partial charge in [-0.05, 0) is 42.2 Å². The van der Waals surface area contributed by atoms with Crippen molar-refractivity contribution in [3.8, 4) is 10.4 Å². The summed E-state index contributed by atoms with van der Waals surface area (Å²) in [6, 6.07) is 6.39. The van der Waals surface area contributed by atoms with E-state index in [0.29, 0.717) is 6.29 Å². The molecule has 0 saturated carbocycles. The maximum Gasteiger partial charge on any atom is 0.153 e. The number of benzene rings is 1. The van der Waals surface area contributed by atoms with Crippen molar-refractivity contribution in [3.05, 3.63) is 41.3 Å². The van der Waals surface area contributed by atoms with E-state index in [1.165, 1.54) is 23.7 Å². The second-order valence-corrected chi connectivity index (χ2v) is 3.99. The molecule has 0 aliphatic rings. The topological polar surface area (TPSA) is 30.0 Å². The normalized spacial score (nSPS) is 10.3. The molecule has 2 rings (SSSR count). The Bertz CT molecular complexity index is 507. The van der Waals surface area contributed by atoms with E-state index >= 15 is 0 Å². The molecular formula is C11H8FNOS. The molecule has 0 unspecified atom stereocenters. The predicted octanol–water partition coefficient (Wildman–Crippen LogP) is 3.07. The van der Waals surface area contributed by atoms with E-state index in [2.05, 4.69) is 4.37 Å². The van der Waals surface area contributed by atoms with Crippen LogP contribution in [0.2, 0.25) is 0 Å². The van der Waals surface area contributed by atoms with Gasteiger partial charge in [-0.15, -0.1) is 0 Å². The minimum Gasteiger partial charge on any atom is -0.298 e. The molecule has 0 fully saturated rings. The number of aryl methyl sites for hydroxylation is 1. The van der Waals surface area contributed by atoms with Crippen molar-refractivity contribution in [2.24, 2.45) is 0 Å². The van der Waals surface area contributed by atoms with Crippen LogP contribution in [0.4, 0.5) is 4.39 Å². The minimum absolute atomic E-state index is 0.0820. The van der Waals surface area contributed by atoms with Crippen molar-refractivity contribution in [2.45, 2.75) is 6.92 Å². The lowest BCUT2D eigenvalue weighted by Gasteiger charge is -1.98. The van der Waals surface area contributed by atoms with Crippen LogP contribution in [0.1, 0.15) is 16.1 Å². The lowest BCUT2D eigenvalue weighted by molar-refractivity contribution is 0.112. The summed E-state index contributed by atoms with van der Waals surface area (Å²) in [5.74, 6) is -0.491. The molecular weight excluding hydrogens is 213 g/mol. The van der Waals surface area contributed by atoms with Gasteiger partial charge < -0.3 is 0 Å². The molecule has 0 spiro atoms. The van der Waals surface area contributed by atoms with Crippen LogP contribution in [-0.4, -0.2) is 10.7 Å². The number of nitrogens with zero attached hydrogens (tertiary/aromatic N) is 1. The van der Waals surface area contributed by atoms with Crippen LogP contribution in [0.3, 0.4) is 0 Å². The number of halogens is 1. The number of rotatable bonds is 2. The van der Waals surface area contributed by atoms with Gasteiger partial charge >= 0.3 is 0 Å². The highest BCUT2D eigenvalue weighted by molar-refractivity contribution is 7.09. The summed E-state index contributed by atoms with van der Waals surface area (Å²) in [6.07, 6.45) is 0.521. The molecule has 1 heterocycles. The maximum atomic E-state index is 13.0. The smallest absolute Gasteiger partial charge is 0.153 e. The van der Waals surface area contributed by atoms with E-state index in [4.69, 9.17) is 0 Å². The molecule has 0 aliphatic carbocycles.